The molecular formula is C17H21N3O5. The average Bonchev–Trinajstić information content (AvgIpc) is 2.67. The molecule has 2 saturated heterocycles. The van der Waals surface area contributed by atoms with E-state index in [4.69, 9.17) is 4.74 Å². The molecule has 0 aliphatic carbocycles. The summed E-state index contributed by atoms with van der Waals surface area (Å²) in [5.41, 5.74) is -0.124. The molecule has 0 saturated carbocycles. The molecule has 2 aliphatic heterocycles. The van der Waals surface area contributed by atoms with Crippen molar-refractivity contribution >= 4 is 17.5 Å². The molecule has 0 radical (unpaired) electrons. The van der Waals surface area contributed by atoms with Crippen LogP contribution in [-0.4, -0.2) is 65.9 Å². The van der Waals surface area contributed by atoms with Crippen molar-refractivity contribution in [1.82, 2.24) is 9.80 Å². The summed E-state index contributed by atoms with van der Waals surface area (Å²) < 4.78 is 5.27. The maximum absolute atomic E-state index is 12.7. The predicted octanol–water partition coefficient (Wildman–Crippen LogP) is 1.31. The highest BCUT2D eigenvalue weighted by Gasteiger charge is 2.33. The third-order valence-corrected chi connectivity index (χ3v) is 4.71. The van der Waals surface area contributed by atoms with Crippen molar-refractivity contribution in [3.8, 4) is 0 Å². The Bertz CT molecular complexity index is 672. The Morgan fingerprint density at radius 1 is 1.12 bits per heavy atom. The highest BCUT2D eigenvalue weighted by Crippen LogP contribution is 2.24. The summed E-state index contributed by atoms with van der Waals surface area (Å²) in [5, 5.41) is 11.2. The van der Waals surface area contributed by atoms with Crippen molar-refractivity contribution in [2.45, 2.75) is 12.8 Å². The van der Waals surface area contributed by atoms with Crippen LogP contribution in [0.4, 0.5) is 5.69 Å². The fourth-order valence-corrected chi connectivity index (χ4v) is 3.39. The Hall–Kier alpha value is -2.48. The van der Waals surface area contributed by atoms with Gasteiger partial charge in [-0.1, -0.05) is 12.1 Å². The fourth-order valence-electron chi connectivity index (χ4n) is 3.39. The largest absolute Gasteiger partial charge is 0.378 e. The molecule has 0 spiro atoms. The number of nitrogens with zero attached hydrogens (tertiary/aromatic N) is 3. The first kappa shape index (κ1) is 17.3. The number of para-hydroxylation sites is 1. The van der Waals surface area contributed by atoms with Gasteiger partial charge in [-0.2, -0.15) is 0 Å². The highest BCUT2D eigenvalue weighted by molar-refractivity contribution is 5.98. The van der Waals surface area contributed by atoms with Gasteiger partial charge in [-0.05, 0) is 18.9 Å². The van der Waals surface area contributed by atoms with E-state index in [-0.39, 0.29) is 29.0 Å². The van der Waals surface area contributed by atoms with Crippen molar-refractivity contribution in [2.24, 2.45) is 5.92 Å². The standard InChI is InChI=1S/C17H21N3O5/c21-16(18-8-10-25-11-9-18)13-4-3-7-19(12-13)17(22)14-5-1-2-6-15(14)20(23)24/h1-2,5-6,13H,3-4,7-12H2. The number of ether oxygens (including phenoxy) is 1. The van der Waals surface area contributed by atoms with E-state index >= 15 is 0 Å². The lowest BCUT2D eigenvalue weighted by Gasteiger charge is -2.36. The number of rotatable bonds is 3. The van der Waals surface area contributed by atoms with E-state index in [2.05, 4.69) is 0 Å². The number of hydrogen-bond donors (Lipinski definition) is 0. The Morgan fingerprint density at radius 2 is 1.84 bits per heavy atom. The van der Waals surface area contributed by atoms with Gasteiger partial charge >= 0.3 is 0 Å². The minimum atomic E-state index is -0.548. The Balaban J connectivity index is 1.72. The summed E-state index contributed by atoms with van der Waals surface area (Å²) >= 11 is 0. The third-order valence-electron chi connectivity index (χ3n) is 4.71. The zero-order chi connectivity index (χ0) is 17.8. The van der Waals surface area contributed by atoms with Crippen molar-refractivity contribution in [3.05, 3.63) is 39.9 Å². The van der Waals surface area contributed by atoms with Crippen molar-refractivity contribution < 1.29 is 19.2 Å². The lowest BCUT2D eigenvalue weighted by atomic mass is 9.95. The average molecular weight is 347 g/mol. The van der Waals surface area contributed by atoms with Gasteiger partial charge in [-0.3, -0.25) is 19.7 Å². The smallest absolute Gasteiger partial charge is 0.282 e. The summed E-state index contributed by atoms with van der Waals surface area (Å²) in [6, 6.07) is 5.94. The molecule has 3 rings (SSSR count). The summed E-state index contributed by atoms with van der Waals surface area (Å²) in [7, 11) is 0. The van der Waals surface area contributed by atoms with E-state index in [9.17, 15) is 19.7 Å². The minimum Gasteiger partial charge on any atom is -0.378 e. The van der Waals surface area contributed by atoms with Crippen LogP contribution in [0.25, 0.3) is 0 Å². The summed E-state index contributed by atoms with van der Waals surface area (Å²) in [6.45, 7) is 3.05. The molecule has 1 aromatic carbocycles. The Kier molecular flexibility index (Phi) is 5.28. The van der Waals surface area contributed by atoms with Crippen LogP contribution in [-0.2, 0) is 9.53 Å². The molecule has 8 nitrogen and oxygen atoms in total. The molecule has 2 amide bonds. The monoisotopic (exact) mass is 347 g/mol. The molecule has 25 heavy (non-hydrogen) atoms. The van der Waals surface area contributed by atoms with E-state index < -0.39 is 4.92 Å². The van der Waals surface area contributed by atoms with E-state index in [1.165, 1.54) is 18.2 Å². The van der Waals surface area contributed by atoms with Crippen LogP contribution < -0.4 is 0 Å². The first-order valence-electron chi connectivity index (χ1n) is 8.47. The molecule has 2 heterocycles. The Labute approximate surface area is 145 Å². The lowest BCUT2D eigenvalue weighted by molar-refractivity contribution is -0.385. The minimum absolute atomic E-state index is 0.0448. The molecule has 2 aliphatic rings. The molecule has 0 aromatic heterocycles. The molecule has 1 aromatic rings. The van der Waals surface area contributed by atoms with Gasteiger partial charge in [0.1, 0.15) is 5.56 Å². The first-order valence-corrected chi connectivity index (χ1v) is 8.47. The molecular weight excluding hydrogens is 326 g/mol. The SMILES string of the molecule is O=C(c1ccccc1[N+](=O)[O-])N1CCCC(C(=O)N2CCOCC2)C1. The fraction of sp³-hybridized carbons (Fsp3) is 0.529. The van der Waals surface area contributed by atoms with Gasteiger partial charge in [0.15, 0.2) is 0 Å². The highest BCUT2D eigenvalue weighted by atomic mass is 16.6. The molecule has 8 heteroatoms. The predicted molar refractivity (Wildman–Crippen MR) is 89.1 cm³/mol. The molecule has 134 valence electrons. The Morgan fingerprint density at radius 3 is 2.56 bits per heavy atom. The normalized spacial score (nSPS) is 21.0. The number of amides is 2. The van der Waals surface area contributed by atoms with Crippen LogP contribution in [0.2, 0.25) is 0 Å². The van der Waals surface area contributed by atoms with Gasteiger partial charge < -0.3 is 14.5 Å². The third kappa shape index (κ3) is 3.79. The van der Waals surface area contributed by atoms with E-state index in [0.29, 0.717) is 45.8 Å². The number of hydrogen-bond acceptors (Lipinski definition) is 5. The molecule has 1 unspecified atom stereocenters. The van der Waals surface area contributed by atoms with E-state index in [1.54, 1.807) is 15.9 Å². The number of nitro groups is 1. The van der Waals surface area contributed by atoms with Crippen LogP contribution in [0.1, 0.15) is 23.2 Å². The topological polar surface area (TPSA) is 93.0 Å². The molecule has 1 atom stereocenters. The second-order valence-electron chi connectivity index (χ2n) is 6.30. The number of carbonyl (C=O) groups is 2. The maximum Gasteiger partial charge on any atom is 0.282 e. The number of piperidine rings is 1. The molecule has 0 N–H and O–H groups in total. The van der Waals surface area contributed by atoms with Crippen LogP contribution in [0.5, 0.6) is 0 Å². The number of nitro benzene ring substituents is 1. The van der Waals surface area contributed by atoms with Crippen molar-refractivity contribution in [1.29, 1.82) is 0 Å². The lowest BCUT2D eigenvalue weighted by Crippen LogP contribution is -2.49. The summed E-state index contributed by atoms with van der Waals surface area (Å²) in [6.07, 6.45) is 1.45. The van der Waals surface area contributed by atoms with Gasteiger partial charge in [-0.25, -0.2) is 0 Å². The number of carbonyl (C=O) groups excluding carboxylic acids is 2. The number of likely N-dealkylation sites (tertiary alicyclic amines) is 1. The van der Waals surface area contributed by atoms with E-state index in [0.717, 1.165) is 6.42 Å². The molecule has 2 fully saturated rings. The van der Waals surface area contributed by atoms with Crippen molar-refractivity contribution in [3.63, 3.8) is 0 Å². The zero-order valence-corrected chi connectivity index (χ0v) is 13.9. The van der Waals surface area contributed by atoms with Gasteiger partial charge in [0, 0.05) is 32.2 Å². The van der Waals surface area contributed by atoms with Crippen LogP contribution in [0.3, 0.4) is 0 Å². The first-order chi connectivity index (χ1) is 12.1. The maximum atomic E-state index is 12.7. The van der Waals surface area contributed by atoms with Crippen molar-refractivity contribution in [2.75, 3.05) is 39.4 Å². The molecule has 0 bridgehead atoms. The number of morpholine rings is 1. The van der Waals surface area contributed by atoms with Gasteiger partial charge in [0.25, 0.3) is 11.6 Å². The number of benzene rings is 1. The summed E-state index contributed by atoms with van der Waals surface area (Å²) in [5.74, 6) is -0.589. The van der Waals surface area contributed by atoms with Gasteiger partial charge in [0.05, 0.1) is 24.1 Å². The second-order valence-corrected chi connectivity index (χ2v) is 6.30. The van der Waals surface area contributed by atoms with Crippen LogP contribution >= 0.6 is 0 Å². The van der Waals surface area contributed by atoms with Gasteiger partial charge in [-0.15, -0.1) is 0 Å². The van der Waals surface area contributed by atoms with E-state index in [1.807, 2.05) is 0 Å². The van der Waals surface area contributed by atoms with Crippen LogP contribution in [0, 0.1) is 16.0 Å². The van der Waals surface area contributed by atoms with Crippen LogP contribution in [0.15, 0.2) is 24.3 Å². The second kappa shape index (κ2) is 7.60. The summed E-state index contributed by atoms with van der Waals surface area (Å²) in [4.78, 5) is 39.4. The van der Waals surface area contributed by atoms with Gasteiger partial charge in [0.2, 0.25) is 5.91 Å². The zero-order valence-electron chi connectivity index (χ0n) is 13.9. The quantitative estimate of drug-likeness (QED) is 0.607.